The van der Waals surface area contributed by atoms with Gasteiger partial charge < -0.3 is 0 Å². The van der Waals surface area contributed by atoms with Crippen molar-refractivity contribution >= 4 is 16.6 Å². The number of nitro benzene ring substituents is 1. The van der Waals surface area contributed by atoms with Crippen molar-refractivity contribution in [2.75, 3.05) is 0 Å². The fourth-order valence-corrected chi connectivity index (χ4v) is 2.05. The number of benzene rings is 2. The van der Waals surface area contributed by atoms with Gasteiger partial charge in [-0.15, -0.1) is 0 Å². The Bertz CT molecular complexity index is 760. The lowest BCUT2D eigenvalue weighted by atomic mass is 10.1. The zero-order valence-corrected chi connectivity index (χ0v) is 10.3. The van der Waals surface area contributed by atoms with E-state index in [0.29, 0.717) is 0 Å². The van der Waals surface area contributed by atoms with Crippen LogP contribution in [0.25, 0.3) is 22.2 Å². The zero-order valence-electron chi connectivity index (χ0n) is 10.3. The van der Waals surface area contributed by atoms with E-state index in [1.807, 2.05) is 31.2 Å². The summed E-state index contributed by atoms with van der Waals surface area (Å²) in [5.74, 6) is 0. The molecule has 0 unspecified atom stereocenters. The first-order valence-electron chi connectivity index (χ1n) is 5.85. The van der Waals surface area contributed by atoms with Gasteiger partial charge in [-0.25, -0.2) is 0 Å². The molecule has 0 aliphatic rings. The van der Waals surface area contributed by atoms with Crippen LogP contribution in [0.4, 0.5) is 5.69 Å². The van der Waals surface area contributed by atoms with Crippen LogP contribution in [0.5, 0.6) is 0 Å². The van der Waals surface area contributed by atoms with Crippen molar-refractivity contribution in [3.63, 3.8) is 0 Å². The van der Waals surface area contributed by atoms with Crippen molar-refractivity contribution in [2.45, 2.75) is 6.92 Å². The van der Waals surface area contributed by atoms with Crippen molar-refractivity contribution in [2.24, 2.45) is 0 Å². The molecule has 19 heavy (non-hydrogen) atoms. The first-order valence-corrected chi connectivity index (χ1v) is 5.85. The van der Waals surface area contributed by atoms with Gasteiger partial charge in [0.2, 0.25) is 0 Å². The normalized spacial score (nSPS) is 10.8. The lowest BCUT2D eigenvalue weighted by Crippen LogP contribution is -1.87. The predicted octanol–water partition coefficient (Wildman–Crippen LogP) is 3.45. The standard InChI is InChI=1S/C14H11N3O2/c1-9-2-4-10(5-3-9)14-12-8-11(17(18)19)6-7-13(12)15-16-14/h2-8H,1H3,(H,15,16). The van der Waals surface area contributed by atoms with Crippen LogP contribution < -0.4 is 0 Å². The first kappa shape index (κ1) is 11.4. The Labute approximate surface area is 109 Å². The molecule has 0 bridgehead atoms. The number of hydrogen-bond acceptors (Lipinski definition) is 3. The molecule has 0 fully saturated rings. The fraction of sp³-hybridized carbons (Fsp3) is 0.0714. The van der Waals surface area contributed by atoms with Crippen molar-refractivity contribution in [3.05, 3.63) is 58.1 Å². The van der Waals surface area contributed by atoms with Gasteiger partial charge in [0, 0.05) is 23.1 Å². The Morgan fingerprint density at radius 1 is 1.16 bits per heavy atom. The van der Waals surface area contributed by atoms with Crippen molar-refractivity contribution in [1.82, 2.24) is 10.2 Å². The average molecular weight is 253 g/mol. The monoisotopic (exact) mass is 253 g/mol. The van der Waals surface area contributed by atoms with E-state index in [-0.39, 0.29) is 5.69 Å². The summed E-state index contributed by atoms with van der Waals surface area (Å²) in [5, 5.41) is 18.7. The second-order valence-electron chi connectivity index (χ2n) is 4.43. The molecular weight excluding hydrogens is 242 g/mol. The molecule has 1 aromatic heterocycles. The maximum Gasteiger partial charge on any atom is 0.270 e. The van der Waals surface area contributed by atoms with Crippen LogP contribution in [0.1, 0.15) is 5.56 Å². The van der Waals surface area contributed by atoms with Gasteiger partial charge in [-0.05, 0) is 13.0 Å². The summed E-state index contributed by atoms with van der Waals surface area (Å²) in [4.78, 5) is 10.4. The van der Waals surface area contributed by atoms with Gasteiger partial charge in [0.05, 0.1) is 10.4 Å². The van der Waals surface area contributed by atoms with E-state index in [1.54, 1.807) is 12.1 Å². The van der Waals surface area contributed by atoms with Crippen LogP contribution in [0, 0.1) is 17.0 Å². The topological polar surface area (TPSA) is 71.8 Å². The van der Waals surface area contributed by atoms with Crippen LogP contribution in [-0.2, 0) is 0 Å². The maximum absolute atomic E-state index is 10.8. The Morgan fingerprint density at radius 3 is 2.58 bits per heavy atom. The van der Waals surface area contributed by atoms with Crippen LogP contribution in [0.2, 0.25) is 0 Å². The summed E-state index contributed by atoms with van der Waals surface area (Å²) < 4.78 is 0. The SMILES string of the molecule is Cc1ccc(-c2n[nH]c3ccc([N+](=O)[O-])cc23)cc1. The molecule has 0 amide bonds. The van der Waals surface area contributed by atoms with Gasteiger partial charge in [0.1, 0.15) is 5.69 Å². The average Bonchev–Trinajstić information content (AvgIpc) is 2.82. The zero-order chi connectivity index (χ0) is 13.4. The van der Waals surface area contributed by atoms with Gasteiger partial charge in [-0.2, -0.15) is 5.10 Å². The molecule has 3 aromatic rings. The third kappa shape index (κ3) is 1.95. The number of non-ortho nitro benzene ring substituents is 1. The molecule has 0 aliphatic heterocycles. The van der Waals surface area contributed by atoms with Gasteiger partial charge >= 0.3 is 0 Å². The quantitative estimate of drug-likeness (QED) is 0.561. The molecule has 1 heterocycles. The highest BCUT2D eigenvalue weighted by Gasteiger charge is 2.12. The number of nitro groups is 1. The number of aromatic amines is 1. The molecule has 0 spiro atoms. The third-order valence-electron chi connectivity index (χ3n) is 3.08. The summed E-state index contributed by atoms with van der Waals surface area (Å²) in [6.45, 7) is 2.01. The van der Waals surface area contributed by atoms with Gasteiger partial charge in [-0.1, -0.05) is 29.8 Å². The molecule has 0 radical (unpaired) electrons. The van der Waals surface area contributed by atoms with Crippen molar-refractivity contribution < 1.29 is 4.92 Å². The second kappa shape index (κ2) is 4.20. The number of aryl methyl sites for hydroxylation is 1. The first-order chi connectivity index (χ1) is 9.15. The second-order valence-corrected chi connectivity index (χ2v) is 4.43. The molecule has 0 saturated heterocycles. The van der Waals surface area contributed by atoms with Crippen LogP contribution in [-0.4, -0.2) is 15.1 Å². The smallest absolute Gasteiger partial charge is 0.270 e. The highest BCUT2D eigenvalue weighted by molar-refractivity contribution is 5.94. The minimum absolute atomic E-state index is 0.0715. The van der Waals surface area contributed by atoms with Crippen LogP contribution in [0.3, 0.4) is 0 Å². The molecule has 0 atom stereocenters. The largest absolute Gasteiger partial charge is 0.277 e. The Hall–Kier alpha value is -2.69. The van der Waals surface area contributed by atoms with E-state index in [4.69, 9.17) is 0 Å². The highest BCUT2D eigenvalue weighted by atomic mass is 16.6. The summed E-state index contributed by atoms with van der Waals surface area (Å²) in [6.07, 6.45) is 0. The van der Waals surface area contributed by atoms with Gasteiger partial charge in [0.15, 0.2) is 0 Å². The Morgan fingerprint density at radius 2 is 1.89 bits per heavy atom. The van der Waals surface area contributed by atoms with Crippen LogP contribution >= 0.6 is 0 Å². The summed E-state index contributed by atoms with van der Waals surface area (Å²) in [6, 6.07) is 12.6. The van der Waals surface area contributed by atoms with Gasteiger partial charge in [0.25, 0.3) is 5.69 Å². The Balaban J connectivity index is 2.21. The predicted molar refractivity (Wildman–Crippen MR) is 72.9 cm³/mol. The summed E-state index contributed by atoms with van der Waals surface area (Å²) in [7, 11) is 0. The number of aromatic nitrogens is 2. The minimum atomic E-state index is -0.397. The van der Waals surface area contributed by atoms with Crippen molar-refractivity contribution in [3.8, 4) is 11.3 Å². The number of nitrogens with one attached hydrogen (secondary N) is 1. The van der Waals surface area contributed by atoms with E-state index in [2.05, 4.69) is 10.2 Å². The molecule has 1 N–H and O–H groups in total. The van der Waals surface area contributed by atoms with E-state index in [1.165, 1.54) is 6.07 Å². The van der Waals surface area contributed by atoms with E-state index in [0.717, 1.165) is 27.7 Å². The van der Waals surface area contributed by atoms with E-state index in [9.17, 15) is 10.1 Å². The minimum Gasteiger partial charge on any atom is -0.277 e. The number of rotatable bonds is 2. The van der Waals surface area contributed by atoms with Gasteiger partial charge in [-0.3, -0.25) is 15.2 Å². The molecule has 5 heteroatoms. The summed E-state index contributed by atoms with van der Waals surface area (Å²) >= 11 is 0. The van der Waals surface area contributed by atoms with E-state index < -0.39 is 4.92 Å². The highest BCUT2D eigenvalue weighted by Crippen LogP contribution is 2.29. The van der Waals surface area contributed by atoms with Crippen LogP contribution in [0.15, 0.2) is 42.5 Å². The fourth-order valence-electron chi connectivity index (χ4n) is 2.05. The molecule has 0 saturated carbocycles. The number of nitrogens with zero attached hydrogens (tertiary/aromatic N) is 2. The molecule has 2 aromatic carbocycles. The Kier molecular flexibility index (Phi) is 2.52. The maximum atomic E-state index is 10.8. The van der Waals surface area contributed by atoms with Crippen molar-refractivity contribution in [1.29, 1.82) is 0 Å². The molecule has 94 valence electrons. The number of fused-ring (bicyclic) bond motifs is 1. The molecule has 3 rings (SSSR count). The lowest BCUT2D eigenvalue weighted by Gasteiger charge is -1.99. The number of hydrogen-bond donors (Lipinski definition) is 1. The molecule has 5 nitrogen and oxygen atoms in total. The molecule has 0 aliphatic carbocycles. The van der Waals surface area contributed by atoms with E-state index >= 15 is 0 Å². The molecular formula is C14H11N3O2. The summed E-state index contributed by atoms with van der Waals surface area (Å²) in [5.41, 5.74) is 3.70. The number of H-pyrrole nitrogens is 1. The third-order valence-corrected chi connectivity index (χ3v) is 3.08. The lowest BCUT2D eigenvalue weighted by molar-refractivity contribution is -0.384.